The molecule has 1 N–H and O–H groups in total. The molecule has 7 heteroatoms. The lowest BCUT2D eigenvalue weighted by molar-refractivity contribution is -0.116. The Morgan fingerprint density at radius 1 is 1.00 bits per heavy atom. The second-order valence-corrected chi connectivity index (χ2v) is 8.44. The summed E-state index contributed by atoms with van der Waals surface area (Å²) in [5.41, 5.74) is 1.24. The fourth-order valence-electron chi connectivity index (χ4n) is 2.20. The average Bonchev–Trinajstić information content (AvgIpc) is 2.46. The van der Waals surface area contributed by atoms with Crippen molar-refractivity contribution in [3.8, 4) is 0 Å². The topological polar surface area (TPSA) is 63.2 Å². The number of anilines is 1. The van der Waals surface area contributed by atoms with Crippen LogP contribution in [0.5, 0.6) is 0 Å². The molecule has 0 saturated heterocycles. The number of hydrogen-bond acceptors (Lipinski definition) is 3. The molecule has 0 saturated carbocycles. The molecule has 0 unspecified atom stereocenters. The summed E-state index contributed by atoms with van der Waals surface area (Å²) in [7, 11) is -3.24. The number of amides is 1. The third-order valence-corrected chi connectivity index (χ3v) is 5.36. The molecule has 1 amide bonds. The van der Waals surface area contributed by atoms with Gasteiger partial charge in [0.05, 0.1) is 11.5 Å². The molecule has 0 fully saturated rings. The molecule has 0 bridgehead atoms. The maximum absolute atomic E-state index is 12.1. The van der Waals surface area contributed by atoms with Crippen LogP contribution in [0.3, 0.4) is 0 Å². The monoisotopic (exact) mass is 385 g/mol. The first kappa shape index (κ1) is 18.8. The summed E-state index contributed by atoms with van der Waals surface area (Å²) in [6.07, 6.45) is 0.369. The summed E-state index contributed by atoms with van der Waals surface area (Å²) in [5, 5.41) is 3.50. The Kier molecular flexibility index (Phi) is 6.66. The Balaban J connectivity index is 1.81. The standard InChI is InChI=1S/C17H17Cl2NO3S/c18-14-9-15(19)11-16(10-14)20-17(21)7-4-8-24(22,23)12-13-5-2-1-3-6-13/h1-3,5-6,9-11H,4,7-8,12H2,(H,20,21). The van der Waals surface area contributed by atoms with Crippen molar-refractivity contribution in [2.45, 2.75) is 18.6 Å². The van der Waals surface area contributed by atoms with E-state index in [1.807, 2.05) is 6.07 Å². The van der Waals surface area contributed by atoms with Gasteiger partial charge in [-0.2, -0.15) is 0 Å². The van der Waals surface area contributed by atoms with E-state index >= 15 is 0 Å². The number of benzene rings is 2. The number of sulfone groups is 1. The maximum Gasteiger partial charge on any atom is 0.224 e. The number of nitrogens with one attached hydrogen (secondary N) is 1. The van der Waals surface area contributed by atoms with Crippen molar-refractivity contribution in [1.29, 1.82) is 0 Å². The fourth-order valence-corrected chi connectivity index (χ4v) is 4.16. The van der Waals surface area contributed by atoms with Gasteiger partial charge in [0.25, 0.3) is 0 Å². The van der Waals surface area contributed by atoms with Crippen LogP contribution in [0.15, 0.2) is 48.5 Å². The Morgan fingerprint density at radius 3 is 2.25 bits per heavy atom. The van der Waals surface area contributed by atoms with Crippen molar-refractivity contribution in [3.05, 3.63) is 64.1 Å². The second kappa shape index (κ2) is 8.51. The van der Waals surface area contributed by atoms with Gasteiger partial charge in [0.2, 0.25) is 5.91 Å². The van der Waals surface area contributed by atoms with Gasteiger partial charge in [-0.25, -0.2) is 8.42 Å². The number of carbonyl (C=O) groups excluding carboxylic acids is 1. The Hall–Kier alpha value is -1.56. The van der Waals surface area contributed by atoms with E-state index in [0.29, 0.717) is 15.7 Å². The zero-order chi connectivity index (χ0) is 17.6. The minimum Gasteiger partial charge on any atom is -0.326 e. The van der Waals surface area contributed by atoms with E-state index in [9.17, 15) is 13.2 Å². The predicted molar refractivity (Wildman–Crippen MR) is 98.3 cm³/mol. The lowest BCUT2D eigenvalue weighted by atomic mass is 10.2. The van der Waals surface area contributed by atoms with Crippen molar-refractivity contribution >= 4 is 44.6 Å². The molecule has 0 aliphatic rings. The molecule has 4 nitrogen and oxygen atoms in total. The van der Waals surface area contributed by atoms with Crippen molar-refractivity contribution < 1.29 is 13.2 Å². The van der Waals surface area contributed by atoms with Crippen LogP contribution in [0.4, 0.5) is 5.69 Å². The second-order valence-electron chi connectivity index (χ2n) is 5.39. The van der Waals surface area contributed by atoms with Gasteiger partial charge in [-0.3, -0.25) is 4.79 Å². The molecule has 2 aromatic carbocycles. The van der Waals surface area contributed by atoms with E-state index in [1.165, 1.54) is 0 Å². The Morgan fingerprint density at radius 2 is 1.62 bits per heavy atom. The van der Waals surface area contributed by atoms with E-state index in [0.717, 1.165) is 5.56 Å². The Bertz CT molecular complexity index is 788. The van der Waals surface area contributed by atoms with Gasteiger partial charge in [0, 0.05) is 22.2 Å². The molecule has 2 aromatic rings. The number of rotatable bonds is 7. The highest BCUT2D eigenvalue weighted by Crippen LogP contribution is 2.22. The van der Waals surface area contributed by atoms with E-state index < -0.39 is 9.84 Å². The van der Waals surface area contributed by atoms with Crippen LogP contribution in [-0.2, 0) is 20.4 Å². The summed E-state index contributed by atoms with van der Waals surface area (Å²) >= 11 is 11.7. The summed E-state index contributed by atoms with van der Waals surface area (Å²) < 4.78 is 24.1. The fraction of sp³-hybridized carbons (Fsp3) is 0.235. The molecule has 0 aliphatic carbocycles. The van der Waals surface area contributed by atoms with Gasteiger partial charge in [0.1, 0.15) is 0 Å². The molecule has 24 heavy (non-hydrogen) atoms. The number of halogens is 2. The molecule has 0 aromatic heterocycles. The van der Waals surface area contributed by atoms with E-state index in [-0.39, 0.29) is 30.3 Å². The maximum atomic E-state index is 12.1. The minimum absolute atomic E-state index is 0.0145. The predicted octanol–water partition coefficient (Wildman–Crippen LogP) is 4.33. The lowest BCUT2D eigenvalue weighted by Crippen LogP contribution is -2.15. The van der Waals surface area contributed by atoms with Crippen LogP contribution in [0.2, 0.25) is 10.0 Å². The Labute approximate surface area is 151 Å². The van der Waals surface area contributed by atoms with Gasteiger partial charge in [-0.05, 0) is 30.2 Å². The highest BCUT2D eigenvalue weighted by molar-refractivity contribution is 7.90. The van der Waals surface area contributed by atoms with E-state index in [2.05, 4.69) is 5.32 Å². The largest absolute Gasteiger partial charge is 0.326 e. The van der Waals surface area contributed by atoms with Crippen LogP contribution in [0.1, 0.15) is 18.4 Å². The zero-order valence-corrected chi connectivity index (χ0v) is 15.2. The molecular formula is C17H17Cl2NO3S. The molecular weight excluding hydrogens is 369 g/mol. The normalized spacial score (nSPS) is 11.2. The van der Waals surface area contributed by atoms with Gasteiger partial charge >= 0.3 is 0 Å². The molecule has 0 aliphatic heterocycles. The smallest absolute Gasteiger partial charge is 0.224 e. The van der Waals surface area contributed by atoms with Crippen LogP contribution in [0.25, 0.3) is 0 Å². The molecule has 0 heterocycles. The molecule has 128 valence electrons. The van der Waals surface area contributed by atoms with Crippen LogP contribution in [0, 0.1) is 0 Å². The first-order chi connectivity index (χ1) is 11.3. The average molecular weight is 386 g/mol. The van der Waals surface area contributed by atoms with Crippen LogP contribution < -0.4 is 5.32 Å². The molecule has 0 atom stereocenters. The summed E-state index contributed by atoms with van der Waals surface area (Å²) in [6.45, 7) is 0. The molecule has 0 radical (unpaired) electrons. The van der Waals surface area contributed by atoms with Crippen LogP contribution in [-0.4, -0.2) is 20.1 Å². The van der Waals surface area contributed by atoms with Gasteiger partial charge in [-0.15, -0.1) is 0 Å². The highest BCUT2D eigenvalue weighted by atomic mass is 35.5. The van der Waals surface area contributed by atoms with Crippen molar-refractivity contribution in [1.82, 2.24) is 0 Å². The van der Waals surface area contributed by atoms with Gasteiger partial charge < -0.3 is 5.32 Å². The summed E-state index contributed by atoms with van der Waals surface area (Å²) in [5.74, 6) is -0.325. The molecule has 2 rings (SSSR count). The highest BCUT2D eigenvalue weighted by Gasteiger charge is 2.13. The van der Waals surface area contributed by atoms with Crippen molar-refractivity contribution in [3.63, 3.8) is 0 Å². The first-order valence-corrected chi connectivity index (χ1v) is 9.92. The SMILES string of the molecule is O=C(CCCS(=O)(=O)Cc1ccccc1)Nc1cc(Cl)cc(Cl)c1. The number of carbonyl (C=O) groups is 1. The lowest BCUT2D eigenvalue weighted by Gasteiger charge is -2.07. The quantitative estimate of drug-likeness (QED) is 0.771. The van der Waals surface area contributed by atoms with Crippen LogP contribution >= 0.6 is 23.2 Å². The third kappa shape index (κ3) is 6.51. The number of hydrogen-bond donors (Lipinski definition) is 1. The van der Waals surface area contributed by atoms with Gasteiger partial charge in [0.15, 0.2) is 9.84 Å². The van der Waals surface area contributed by atoms with Crippen molar-refractivity contribution in [2.75, 3.05) is 11.1 Å². The van der Waals surface area contributed by atoms with Crippen molar-refractivity contribution in [2.24, 2.45) is 0 Å². The first-order valence-electron chi connectivity index (χ1n) is 7.34. The molecule has 0 spiro atoms. The summed E-state index contributed by atoms with van der Waals surface area (Å²) in [6, 6.07) is 13.7. The van der Waals surface area contributed by atoms with Gasteiger partial charge in [-0.1, -0.05) is 53.5 Å². The zero-order valence-electron chi connectivity index (χ0n) is 12.8. The summed E-state index contributed by atoms with van der Waals surface area (Å²) in [4.78, 5) is 11.9. The van der Waals surface area contributed by atoms with E-state index in [4.69, 9.17) is 23.2 Å². The van der Waals surface area contributed by atoms with E-state index in [1.54, 1.807) is 42.5 Å². The third-order valence-electron chi connectivity index (χ3n) is 3.23. The minimum atomic E-state index is -3.24.